The van der Waals surface area contributed by atoms with Crippen molar-refractivity contribution in [1.82, 2.24) is 4.90 Å². The highest BCUT2D eigenvalue weighted by Crippen LogP contribution is 2.31. The standard InChI is InChI=1S/C18H15ClN2O2/c1-12-15-4-2-3-5-16(15)18(23)21(12)11-10-17(22)20-14-8-6-13(19)7-9-14/h2-9H,1,10-11H2,(H,20,22). The van der Waals surface area contributed by atoms with E-state index < -0.39 is 0 Å². The van der Waals surface area contributed by atoms with Gasteiger partial charge in [-0.25, -0.2) is 0 Å². The van der Waals surface area contributed by atoms with E-state index in [1.807, 2.05) is 18.2 Å². The van der Waals surface area contributed by atoms with E-state index >= 15 is 0 Å². The topological polar surface area (TPSA) is 49.4 Å². The minimum Gasteiger partial charge on any atom is -0.326 e. The Morgan fingerprint density at radius 2 is 1.74 bits per heavy atom. The Balaban J connectivity index is 1.61. The van der Waals surface area contributed by atoms with Crippen molar-refractivity contribution in [2.45, 2.75) is 6.42 Å². The number of fused-ring (bicyclic) bond motifs is 1. The van der Waals surface area contributed by atoms with Crippen LogP contribution in [0.2, 0.25) is 5.02 Å². The molecule has 1 N–H and O–H groups in total. The fourth-order valence-electron chi connectivity index (χ4n) is 2.54. The summed E-state index contributed by atoms with van der Waals surface area (Å²) in [6.45, 7) is 4.26. The Bertz CT molecular complexity index is 749. The number of nitrogens with one attached hydrogen (secondary N) is 1. The third kappa shape index (κ3) is 3.12. The van der Waals surface area contributed by atoms with Gasteiger partial charge in [0.05, 0.1) is 0 Å². The summed E-state index contributed by atoms with van der Waals surface area (Å²) in [7, 11) is 0. The van der Waals surface area contributed by atoms with Crippen LogP contribution >= 0.6 is 11.6 Å². The molecule has 0 aliphatic carbocycles. The number of anilines is 1. The van der Waals surface area contributed by atoms with E-state index in [9.17, 15) is 9.59 Å². The average Bonchev–Trinajstić information content (AvgIpc) is 2.80. The SMILES string of the molecule is C=C1c2ccccc2C(=O)N1CCC(=O)Nc1ccc(Cl)cc1. The quantitative estimate of drug-likeness (QED) is 0.929. The maximum atomic E-state index is 12.3. The van der Waals surface area contributed by atoms with Crippen LogP contribution in [0.15, 0.2) is 55.1 Å². The Morgan fingerprint density at radius 3 is 2.39 bits per heavy atom. The van der Waals surface area contributed by atoms with Gasteiger partial charge in [-0.2, -0.15) is 0 Å². The number of nitrogens with zero attached hydrogens (tertiary/aromatic N) is 1. The Hall–Kier alpha value is -2.59. The van der Waals surface area contributed by atoms with E-state index in [1.165, 1.54) is 0 Å². The number of carbonyl (C=O) groups excluding carboxylic acids is 2. The zero-order valence-corrected chi connectivity index (χ0v) is 13.1. The lowest BCUT2D eigenvalue weighted by molar-refractivity contribution is -0.116. The molecule has 0 radical (unpaired) electrons. The predicted octanol–water partition coefficient (Wildman–Crippen LogP) is 3.80. The number of carbonyl (C=O) groups is 2. The number of hydrogen-bond acceptors (Lipinski definition) is 2. The second kappa shape index (κ2) is 6.26. The van der Waals surface area contributed by atoms with Gasteiger partial charge in [0, 0.05) is 40.5 Å². The van der Waals surface area contributed by atoms with Crippen molar-refractivity contribution >= 4 is 34.8 Å². The van der Waals surface area contributed by atoms with Gasteiger partial charge in [-0.3, -0.25) is 9.59 Å². The minimum atomic E-state index is -0.163. The zero-order valence-electron chi connectivity index (χ0n) is 12.4. The molecule has 0 saturated heterocycles. The van der Waals surface area contributed by atoms with Gasteiger partial charge in [-0.05, 0) is 30.3 Å². The smallest absolute Gasteiger partial charge is 0.258 e. The van der Waals surface area contributed by atoms with Crippen LogP contribution < -0.4 is 5.32 Å². The molecule has 0 saturated carbocycles. The first-order chi connectivity index (χ1) is 11.1. The predicted molar refractivity (Wildman–Crippen MR) is 91.2 cm³/mol. The molecule has 3 rings (SSSR count). The normalized spacial score (nSPS) is 13.2. The van der Waals surface area contributed by atoms with Gasteiger partial charge >= 0.3 is 0 Å². The Kier molecular flexibility index (Phi) is 4.17. The molecule has 5 heteroatoms. The highest BCUT2D eigenvalue weighted by Gasteiger charge is 2.30. The first-order valence-electron chi connectivity index (χ1n) is 7.22. The Labute approximate surface area is 139 Å². The molecule has 1 heterocycles. The molecule has 0 aromatic heterocycles. The molecule has 23 heavy (non-hydrogen) atoms. The molecule has 0 spiro atoms. The van der Waals surface area contributed by atoms with Crippen LogP contribution in [0.1, 0.15) is 22.3 Å². The van der Waals surface area contributed by atoms with E-state index in [0.29, 0.717) is 28.5 Å². The monoisotopic (exact) mass is 326 g/mol. The average molecular weight is 327 g/mol. The summed E-state index contributed by atoms with van der Waals surface area (Å²) in [4.78, 5) is 25.9. The first kappa shape index (κ1) is 15.3. The van der Waals surface area contributed by atoms with Crippen molar-refractivity contribution in [3.05, 3.63) is 71.3 Å². The number of hydrogen-bond donors (Lipinski definition) is 1. The van der Waals surface area contributed by atoms with Crippen LogP contribution in [0.5, 0.6) is 0 Å². The number of halogens is 1. The first-order valence-corrected chi connectivity index (χ1v) is 7.59. The van der Waals surface area contributed by atoms with Crippen LogP contribution in [0, 0.1) is 0 Å². The molecule has 4 nitrogen and oxygen atoms in total. The third-order valence-corrected chi connectivity index (χ3v) is 3.98. The van der Waals surface area contributed by atoms with Gasteiger partial charge in [0.1, 0.15) is 0 Å². The van der Waals surface area contributed by atoms with Crippen molar-refractivity contribution in [3.63, 3.8) is 0 Å². The highest BCUT2D eigenvalue weighted by molar-refractivity contribution is 6.30. The highest BCUT2D eigenvalue weighted by atomic mass is 35.5. The van der Waals surface area contributed by atoms with Crippen molar-refractivity contribution < 1.29 is 9.59 Å². The second-order valence-electron chi connectivity index (χ2n) is 5.25. The summed E-state index contributed by atoms with van der Waals surface area (Å²) >= 11 is 5.81. The van der Waals surface area contributed by atoms with Crippen LogP contribution in [-0.4, -0.2) is 23.3 Å². The molecule has 116 valence electrons. The van der Waals surface area contributed by atoms with Crippen LogP contribution in [0.25, 0.3) is 5.70 Å². The van der Waals surface area contributed by atoms with Gasteiger partial charge in [-0.15, -0.1) is 0 Å². The lowest BCUT2D eigenvalue weighted by atomic mass is 10.1. The summed E-state index contributed by atoms with van der Waals surface area (Å²) in [5, 5.41) is 3.39. The maximum absolute atomic E-state index is 12.3. The molecule has 1 aliphatic rings. The van der Waals surface area contributed by atoms with E-state index in [2.05, 4.69) is 11.9 Å². The molecular formula is C18H15ClN2O2. The van der Waals surface area contributed by atoms with E-state index in [4.69, 9.17) is 11.6 Å². The van der Waals surface area contributed by atoms with E-state index in [0.717, 1.165) is 5.56 Å². The summed E-state index contributed by atoms with van der Waals surface area (Å²) in [6, 6.07) is 14.2. The van der Waals surface area contributed by atoms with Crippen LogP contribution in [0.4, 0.5) is 5.69 Å². The van der Waals surface area contributed by atoms with Crippen LogP contribution in [0.3, 0.4) is 0 Å². The molecule has 2 aromatic rings. The molecular weight excluding hydrogens is 312 g/mol. The van der Waals surface area contributed by atoms with Crippen molar-refractivity contribution in [2.75, 3.05) is 11.9 Å². The number of amides is 2. The maximum Gasteiger partial charge on any atom is 0.258 e. The second-order valence-corrected chi connectivity index (χ2v) is 5.69. The van der Waals surface area contributed by atoms with Gasteiger partial charge in [0.25, 0.3) is 5.91 Å². The lowest BCUT2D eigenvalue weighted by Gasteiger charge is -2.17. The van der Waals surface area contributed by atoms with Crippen LogP contribution in [-0.2, 0) is 4.79 Å². The molecule has 0 bridgehead atoms. The van der Waals surface area contributed by atoms with Gasteiger partial charge in [0.2, 0.25) is 5.91 Å². The lowest BCUT2D eigenvalue weighted by Crippen LogP contribution is -2.27. The molecule has 0 fully saturated rings. The van der Waals surface area contributed by atoms with Crippen molar-refractivity contribution in [3.8, 4) is 0 Å². The summed E-state index contributed by atoms with van der Waals surface area (Å²) < 4.78 is 0. The fourth-order valence-corrected chi connectivity index (χ4v) is 2.67. The molecule has 2 amide bonds. The van der Waals surface area contributed by atoms with Gasteiger partial charge < -0.3 is 10.2 Å². The summed E-state index contributed by atoms with van der Waals surface area (Å²) in [6.07, 6.45) is 0.196. The molecule has 0 unspecified atom stereocenters. The van der Waals surface area contributed by atoms with Crippen molar-refractivity contribution in [1.29, 1.82) is 0 Å². The van der Waals surface area contributed by atoms with E-state index in [1.54, 1.807) is 35.2 Å². The molecule has 1 aliphatic heterocycles. The number of rotatable bonds is 4. The van der Waals surface area contributed by atoms with Crippen molar-refractivity contribution in [2.24, 2.45) is 0 Å². The Morgan fingerprint density at radius 1 is 1.09 bits per heavy atom. The van der Waals surface area contributed by atoms with Gasteiger partial charge in [0.15, 0.2) is 0 Å². The van der Waals surface area contributed by atoms with E-state index in [-0.39, 0.29) is 18.2 Å². The summed E-state index contributed by atoms with van der Waals surface area (Å²) in [5.74, 6) is -0.270. The van der Waals surface area contributed by atoms with Gasteiger partial charge in [-0.1, -0.05) is 36.4 Å². The minimum absolute atomic E-state index is 0.107. The number of benzene rings is 2. The molecule has 2 aromatic carbocycles. The summed E-state index contributed by atoms with van der Waals surface area (Å²) in [5.41, 5.74) is 2.78. The largest absolute Gasteiger partial charge is 0.326 e. The zero-order chi connectivity index (χ0) is 16.4. The molecule has 0 atom stereocenters. The third-order valence-electron chi connectivity index (χ3n) is 3.73. The fraction of sp³-hybridized carbons (Fsp3) is 0.111.